The summed E-state index contributed by atoms with van der Waals surface area (Å²) in [6, 6.07) is 37.8. The van der Waals surface area contributed by atoms with Crippen LogP contribution in [0.5, 0.6) is 0 Å². The van der Waals surface area contributed by atoms with Crippen LogP contribution in [0.15, 0.2) is 113 Å². The van der Waals surface area contributed by atoms with Crippen molar-refractivity contribution < 1.29 is 45.7 Å². The standard InChI is InChI=1S/C21H25.C14H15Si.C5H5.2ClH.Zr/c1-20(2,3)16-7-9-18-14(12-16)11-15-13-17(21(4,5)6)8-10-19(15)18;1-3-7-13(8-4-1)11-15-12-14-9-5-2-6-10-14;1-2-4-5-3-1;;;/h7-10,12H,11H2,1-6H3;1-10,15H,11-12H2;1-3H,4H2;2*1H;/q;;;;;+2/p-2. The van der Waals surface area contributed by atoms with E-state index < -0.39 is 26.8 Å². The van der Waals surface area contributed by atoms with Crippen molar-refractivity contribution in [3.63, 3.8) is 0 Å². The van der Waals surface area contributed by atoms with Crippen molar-refractivity contribution in [2.24, 2.45) is 0 Å². The summed E-state index contributed by atoms with van der Waals surface area (Å²) in [5.41, 5.74) is 12.7. The van der Waals surface area contributed by atoms with E-state index in [9.17, 15) is 0 Å². The van der Waals surface area contributed by atoms with Gasteiger partial charge in [0.05, 0.1) is 0 Å². The summed E-state index contributed by atoms with van der Waals surface area (Å²) < 4.78 is 3.68. The largest absolute Gasteiger partial charge is 1.00 e. The molecule has 0 spiro atoms. The smallest absolute Gasteiger partial charge is 1.00 e. The van der Waals surface area contributed by atoms with E-state index in [1.807, 2.05) is 6.55 Å². The summed E-state index contributed by atoms with van der Waals surface area (Å²) in [6.45, 7) is 14.4. The molecule has 2 aliphatic rings. The van der Waals surface area contributed by atoms with Crippen LogP contribution in [0.3, 0.4) is 0 Å². The average molecular weight is 716 g/mol. The zero-order chi connectivity index (χ0) is 29.5. The average Bonchev–Trinajstić information content (AvgIpc) is 3.61. The van der Waals surface area contributed by atoms with Crippen LogP contribution in [0.1, 0.15) is 81.3 Å². The van der Waals surface area contributed by atoms with Crippen molar-refractivity contribution in [1.29, 1.82) is 0 Å². The fourth-order valence-corrected chi connectivity index (χ4v) is 32.3. The van der Waals surface area contributed by atoms with Gasteiger partial charge in [-0.3, -0.25) is 0 Å². The Kier molecular flexibility index (Phi) is 11.3. The van der Waals surface area contributed by atoms with Crippen molar-refractivity contribution in [3.05, 3.63) is 146 Å². The van der Waals surface area contributed by atoms with Gasteiger partial charge >= 0.3 is 264 Å². The maximum absolute atomic E-state index is 2.55. The molecule has 227 valence electrons. The summed E-state index contributed by atoms with van der Waals surface area (Å²) in [5.74, 6) is -1.26. The minimum Gasteiger partial charge on any atom is -1.00 e. The van der Waals surface area contributed by atoms with Gasteiger partial charge in [-0.2, -0.15) is 0 Å². The van der Waals surface area contributed by atoms with Crippen LogP contribution in [-0.4, -0.2) is 5.92 Å². The van der Waals surface area contributed by atoms with Gasteiger partial charge in [0.15, 0.2) is 0 Å². The molecule has 0 unspecified atom stereocenters. The number of hydrogen-bond acceptors (Lipinski definition) is 0. The molecule has 2 aliphatic carbocycles. The molecule has 4 heteroatoms. The molecule has 0 amide bonds. The monoisotopic (exact) mass is 713 g/mol. The van der Waals surface area contributed by atoms with E-state index >= 15 is 0 Å². The predicted octanol–water partition coefficient (Wildman–Crippen LogP) is 3.24. The van der Waals surface area contributed by atoms with Crippen molar-refractivity contribution in [1.82, 2.24) is 0 Å². The van der Waals surface area contributed by atoms with E-state index in [1.54, 1.807) is 11.1 Å². The first-order valence-corrected chi connectivity index (χ1v) is 24.6. The molecule has 0 N–H and O–H groups in total. The van der Waals surface area contributed by atoms with Gasteiger partial charge in [-0.15, -0.1) is 0 Å². The normalized spacial score (nSPS) is 13.6. The Morgan fingerprint density at radius 1 is 0.682 bits per heavy atom. The molecule has 6 rings (SSSR count). The molecule has 0 aliphatic heterocycles. The summed E-state index contributed by atoms with van der Waals surface area (Å²) in [6.07, 6.45) is 9.59. The van der Waals surface area contributed by atoms with E-state index in [0.29, 0.717) is 0 Å². The molecule has 0 nitrogen and oxygen atoms in total. The van der Waals surface area contributed by atoms with Gasteiger partial charge in [-0.1, -0.05) is 0 Å². The Morgan fingerprint density at radius 3 is 1.80 bits per heavy atom. The maximum Gasteiger partial charge on any atom is -1.00 e. The first-order chi connectivity index (χ1) is 20.1. The minimum absolute atomic E-state index is 0. The molecule has 0 radical (unpaired) electrons. The zero-order valence-corrected chi connectivity index (χ0v) is 32.2. The van der Waals surface area contributed by atoms with Gasteiger partial charge in [0, 0.05) is 0 Å². The molecule has 0 aromatic heterocycles. The SMILES string of the molecule is CC(C)(C)c1ccc2c(c1)Cc1c-2ccc(C(C)(C)C)[c]1[Zr+2]([C]1=CC=CC1)[SiH](Cc1ccccc1)Cc1ccccc1.[Cl-].[Cl-]. The first kappa shape index (κ1) is 34.9. The van der Waals surface area contributed by atoms with E-state index in [2.05, 4.69) is 151 Å². The number of fused-ring (bicyclic) bond motifs is 3. The third-order valence-corrected chi connectivity index (χ3v) is 30.2. The quantitative estimate of drug-likeness (QED) is 0.227. The Labute approximate surface area is 287 Å². The zero-order valence-electron chi connectivity index (χ0n) is 27.1. The van der Waals surface area contributed by atoms with Crippen molar-refractivity contribution in [3.8, 4) is 11.1 Å². The topological polar surface area (TPSA) is 0 Å². The number of halogens is 2. The van der Waals surface area contributed by atoms with Crippen LogP contribution < -0.4 is 28.1 Å². The van der Waals surface area contributed by atoms with Crippen molar-refractivity contribution in [2.75, 3.05) is 0 Å². The van der Waals surface area contributed by atoms with Gasteiger partial charge < -0.3 is 24.8 Å². The van der Waals surface area contributed by atoms with Crippen LogP contribution in [-0.2, 0) is 50.2 Å². The Hall–Kier alpha value is -1.96. The second-order valence-electron chi connectivity index (χ2n) is 14.4. The Morgan fingerprint density at radius 2 is 1.27 bits per heavy atom. The molecule has 0 atom stereocenters. The second-order valence-corrected chi connectivity index (χ2v) is 30.9. The second kappa shape index (κ2) is 14.2. The van der Waals surface area contributed by atoms with Crippen LogP contribution in [0.4, 0.5) is 0 Å². The summed E-state index contributed by atoms with van der Waals surface area (Å²) in [5, 5.41) is 0. The molecule has 44 heavy (non-hydrogen) atoms. The third kappa shape index (κ3) is 7.36. The van der Waals surface area contributed by atoms with Crippen LogP contribution in [0, 0.1) is 0 Å². The van der Waals surface area contributed by atoms with Crippen LogP contribution >= 0.6 is 0 Å². The summed E-state index contributed by atoms with van der Waals surface area (Å²) in [4.78, 5) is 0. The molecular formula is C40H45Cl2SiZr. The van der Waals surface area contributed by atoms with E-state index in [-0.39, 0.29) is 35.6 Å². The number of rotatable bonds is 7. The molecule has 0 saturated heterocycles. The number of benzene rings is 4. The molecule has 0 heterocycles. The molecule has 0 saturated carbocycles. The van der Waals surface area contributed by atoms with Gasteiger partial charge in [0.1, 0.15) is 0 Å². The fourth-order valence-electron chi connectivity index (χ4n) is 7.02. The molecular weight excluding hydrogens is 671 g/mol. The Balaban J connectivity index is 0.00000221. The van der Waals surface area contributed by atoms with Gasteiger partial charge in [0.2, 0.25) is 0 Å². The number of allylic oxidation sites excluding steroid dienone is 4. The number of hydrogen-bond donors (Lipinski definition) is 0. The first-order valence-electron chi connectivity index (χ1n) is 15.7. The van der Waals surface area contributed by atoms with E-state index in [4.69, 9.17) is 0 Å². The van der Waals surface area contributed by atoms with E-state index in [1.165, 1.54) is 45.5 Å². The van der Waals surface area contributed by atoms with E-state index in [0.717, 1.165) is 12.8 Å². The van der Waals surface area contributed by atoms with Gasteiger partial charge in [-0.25, -0.2) is 0 Å². The van der Waals surface area contributed by atoms with Crippen LogP contribution in [0.25, 0.3) is 11.1 Å². The summed E-state index contributed by atoms with van der Waals surface area (Å²) >= 11 is -2.36. The Bertz CT molecular complexity index is 1600. The predicted molar refractivity (Wildman–Crippen MR) is 181 cm³/mol. The summed E-state index contributed by atoms with van der Waals surface area (Å²) in [7, 11) is 0. The van der Waals surface area contributed by atoms with Gasteiger partial charge in [0.25, 0.3) is 0 Å². The van der Waals surface area contributed by atoms with Crippen LogP contribution in [0.2, 0.25) is 0 Å². The molecule has 0 fully saturated rings. The third-order valence-electron chi connectivity index (χ3n) is 9.19. The van der Waals surface area contributed by atoms with Gasteiger partial charge in [-0.05, 0) is 0 Å². The molecule has 0 bridgehead atoms. The minimum atomic E-state index is -2.36. The van der Waals surface area contributed by atoms with Crippen molar-refractivity contribution in [2.45, 2.75) is 77.3 Å². The molecule has 4 aromatic carbocycles. The van der Waals surface area contributed by atoms with Crippen molar-refractivity contribution >= 4 is 9.19 Å². The fraction of sp³-hybridized carbons (Fsp3) is 0.300. The maximum atomic E-state index is 2.55. The molecule has 4 aromatic rings.